The fraction of sp³-hybridized carbons (Fsp3) is 0.394. The summed E-state index contributed by atoms with van der Waals surface area (Å²) in [5.41, 5.74) is 3.58. The minimum atomic E-state index is -3.55. The molecule has 0 saturated carbocycles. The van der Waals surface area contributed by atoms with Crippen LogP contribution in [0.25, 0.3) is 0 Å². The van der Waals surface area contributed by atoms with Crippen molar-refractivity contribution in [3.8, 4) is 0 Å². The highest BCUT2D eigenvalue weighted by molar-refractivity contribution is 7.92. The summed E-state index contributed by atoms with van der Waals surface area (Å²) >= 11 is 0. The number of aryl methyl sites for hydroxylation is 1. The van der Waals surface area contributed by atoms with Crippen LogP contribution in [0.15, 0.2) is 84.9 Å². The summed E-state index contributed by atoms with van der Waals surface area (Å²) < 4.78 is 26.6. The molecule has 7 nitrogen and oxygen atoms in total. The number of rotatable bonds is 15. The molecule has 2 atom stereocenters. The third-order valence-electron chi connectivity index (χ3n) is 7.25. The van der Waals surface area contributed by atoms with Gasteiger partial charge in [-0.2, -0.15) is 0 Å². The van der Waals surface area contributed by atoms with Gasteiger partial charge >= 0.3 is 0 Å². The van der Waals surface area contributed by atoms with Crippen LogP contribution in [0.1, 0.15) is 56.7 Å². The van der Waals surface area contributed by atoms with Crippen molar-refractivity contribution in [2.45, 2.75) is 71.5 Å². The lowest BCUT2D eigenvalue weighted by Crippen LogP contribution is -2.52. The molecule has 0 aliphatic heterocycles. The van der Waals surface area contributed by atoms with Crippen molar-refractivity contribution < 1.29 is 18.0 Å². The molecule has 3 aromatic rings. The molecule has 1 N–H and O–H groups in total. The lowest BCUT2D eigenvalue weighted by atomic mass is 10.0. The van der Waals surface area contributed by atoms with Gasteiger partial charge < -0.3 is 10.2 Å². The third kappa shape index (κ3) is 9.74. The molecule has 3 rings (SSSR count). The number of benzene rings is 3. The van der Waals surface area contributed by atoms with Crippen LogP contribution in [0.2, 0.25) is 0 Å². The summed E-state index contributed by atoms with van der Waals surface area (Å²) in [6.07, 6.45) is 3.61. The van der Waals surface area contributed by atoms with Crippen LogP contribution in [-0.4, -0.2) is 50.0 Å². The Balaban J connectivity index is 1.85. The third-order valence-corrected chi connectivity index (χ3v) is 8.45. The highest BCUT2D eigenvalue weighted by atomic mass is 32.2. The fourth-order valence-corrected chi connectivity index (χ4v) is 5.64. The highest BCUT2D eigenvalue weighted by Crippen LogP contribution is 2.21. The SMILES string of the molecule is CCc1ccc(N(CCCC(=O)N(Cc2ccccc2)[C@H](Cc2ccccc2)C(=O)N[C@H](C)CC)S(C)(=O)=O)cc1. The Hall–Kier alpha value is -3.65. The van der Waals surface area contributed by atoms with Gasteiger partial charge in [0.2, 0.25) is 21.8 Å². The summed E-state index contributed by atoms with van der Waals surface area (Å²) in [4.78, 5) is 29.1. The zero-order valence-corrected chi connectivity index (χ0v) is 25.4. The topological polar surface area (TPSA) is 86.8 Å². The van der Waals surface area contributed by atoms with Gasteiger partial charge in [0.15, 0.2) is 0 Å². The molecule has 0 spiro atoms. The summed E-state index contributed by atoms with van der Waals surface area (Å²) in [6.45, 7) is 6.45. The number of anilines is 1. The first-order chi connectivity index (χ1) is 19.6. The predicted octanol–water partition coefficient (Wildman–Crippen LogP) is 5.35. The molecule has 0 aromatic heterocycles. The standard InChI is InChI=1S/C33H43N3O4S/c1-5-26(3)34-33(38)31(24-28-14-9-7-10-15-28)35(25-29-16-11-8-12-17-29)32(37)18-13-23-36(41(4,39)40)30-21-19-27(6-2)20-22-30/h7-12,14-17,19-22,26,31H,5-6,13,18,23-25H2,1-4H3,(H,34,38)/t26-,31-/m1/s1. The molecular formula is C33H43N3O4S. The van der Waals surface area contributed by atoms with Crippen LogP contribution < -0.4 is 9.62 Å². The summed E-state index contributed by atoms with van der Waals surface area (Å²) in [6, 6.07) is 26.0. The molecule has 0 unspecified atom stereocenters. The molecule has 0 saturated heterocycles. The maximum atomic E-state index is 13.9. The van der Waals surface area contributed by atoms with Crippen molar-refractivity contribution in [3.05, 3.63) is 102 Å². The minimum Gasteiger partial charge on any atom is -0.352 e. The Bertz CT molecular complexity index is 1350. The number of nitrogens with one attached hydrogen (secondary N) is 1. The van der Waals surface area contributed by atoms with Crippen LogP contribution in [0.5, 0.6) is 0 Å². The second-order valence-electron chi connectivity index (χ2n) is 10.5. The Labute approximate surface area is 245 Å². The molecular weight excluding hydrogens is 534 g/mol. The average molecular weight is 578 g/mol. The lowest BCUT2D eigenvalue weighted by Gasteiger charge is -2.32. The molecule has 0 aliphatic carbocycles. The van der Waals surface area contributed by atoms with Crippen molar-refractivity contribution in [2.24, 2.45) is 0 Å². The van der Waals surface area contributed by atoms with Gasteiger partial charge in [0, 0.05) is 32.0 Å². The van der Waals surface area contributed by atoms with E-state index in [1.54, 1.807) is 17.0 Å². The quantitative estimate of drug-likeness (QED) is 0.264. The van der Waals surface area contributed by atoms with E-state index in [4.69, 9.17) is 0 Å². The molecule has 41 heavy (non-hydrogen) atoms. The Morgan fingerprint density at radius 1 is 0.829 bits per heavy atom. The van der Waals surface area contributed by atoms with Crippen molar-refractivity contribution in [3.63, 3.8) is 0 Å². The number of carbonyl (C=O) groups excluding carboxylic acids is 2. The Kier molecular flexibility index (Phi) is 12.0. The van der Waals surface area contributed by atoms with E-state index in [1.165, 1.54) is 10.6 Å². The Morgan fingerprint density at radius 2 is 1.41 bits per heavy atom. The van der Waals surface area contributed by atoms with Crippen molar-refractivity contribution in [1.29, 1.82) is 0 Å². The maximum absolute atomic E-state index is 13.9. The van der Waals surface area contributed by atoms with Gasteiger partial charge in [0.1, 0.15) is 6.04 Å². The molecule has 3 aromatic carbocycles. The maximum Gasteiger partial charge on any atom is 0.243 e. The average Bonchev–Trinajstić information content (AvgIpc) is 2.97. The zero-order chi connectivity index (χ0) is 29.8. The molecule has 0 fully saturated rings. The minimum absolute atomic E-state index is 0.0307. The molecule has 2 amide bonds. The first-order valence-electron chi connectivity index (χ1n) is 14.4. The second kappa shape index (κ2) is 15.4. The van der Waals surface area contributed by atoms with Crippen molar-refractivity contribution in [2.75, 3.05) is 17.1 Å². The van der Waals surface area contributed by atoms with Gasteiger partial charge in [-0.1, -0.05) is 86.6 Å². The predicted molar refractivity (Wildman–Crippen MR) is 166 cm³/mol. The zero-order valence-electron chi connectivity index (χ0n) is 24.6. The summed E-state index contributed by atoms with van der Waals surface area (Å²) in [7, 11) is -3.55. The van der Waals surface area contributed by atoms with E-state index in [1.807, 2.05) is 93.6 Å². The van der Waals surface area contributed by atoms with Gasteiger partial charge in [-0.15, -0.1) is 0 Å². The molecule has 0 radical (unpaired) electrons. The first kappa shape index (κ1) is 31.9. The van der Waals surface area contributed by atoms with E-state index in [0.29, 0.717) is 18.5 Å². The Morgan fingerprint density at radius 3 is 1.95 bits per heavy atom. The van der Waals surface area contributed by atoms with E-state index in [-0.39, 0.29) is 37.4 Å². The van der Waals surface area contributed by atoms with Gasteiger partial charge in [-0.25, -0.2) is 8.42 Å². The lowest BCUT2D eigenvalue weighted by molar-refractivity contribution is -0.141. The van der Waals surface area contributed by atoms with Gasteiger partial charge in [-0.3, -0.25) is 13.9 Å². The largest absolute Gasteiger partial charge is 0.352 e. The molecule has 0 heterocycles. The van der Waals surface area contributed by atoms with Crippen LogP contribution >= 0.6 is 0 Å². The van der Waals surface area contributed by atoms with Gasteiger partial charge in [0.25, 0.3) is 0 Å². The molecule has 0 aliphatic rings. The highest BCUT2D eigenvalue weighted by Gasteiger charge is 2.31. The van der Waals surface area contributed by atoms with Crippen molar-refractivity contribution in [1.82, 2.24) is 10.2 Å². The monoisotopic (exact) mass is 577 g/mol. The van der Waals surface area contributed by atoms with E-state index in [2.05, 4.69) is 5.32 Å². The number of carbonyl (C=O) groups is 2. The van der Waals surface area contributed by atoms with E-state index >= 15 is 0 Å². The number of amides is 2. The van der Waals surface area contributed by atoms with E-state index in [9.17, 15) is 18.0 Å². The summed E-state index contributed by atoms with van der Waals surface area (Å²) in [5, 5.41) is 3.08. The number of nitrogens with zero attached hydrogens (tertiary/aromatic N) is 2. The second-order valence-corrected chi connectivity index (χ2v) is 12.4. The smallest absolute Gasteiger partial charge is 0.243 e. The normalized spacial score (nSPS) is 12.8. The molecule has 8 heteroatoms. The van der Waals surface area contributed by atoms with Gasteiger partial charge in [0.05, 0.1) is 11.9 Å². The van der Waals surface area contributed by atoms with Crippen molar-refractivity contribution >= 4 is 27.5 Å². The van der Waals surface area contributed by atoms with Crippen LogP contribution in [0.4, 0.5) is 5.69 Å². The van der Waals surface area contributed by atoms with E-state index in [0.717, 1.165) is 29.5 Å². The van der Waals surface area contributed by atoms with E-state index < -0.39 is 16.1 Å². The van der Waals surface area contributed by atoms with Crippen LogP contribution in [-0.2, 0) is 39.0 Å². The van der Waals surface area contributed by atoms with Crippen LogP contribution in [0.3, 0.4) is 0 Å². The fourth-order valence-electron chi connectivity index (χ4n) is 4.68. The number of hydrogen-bond donors (Lipinski definition) is 1. The number of hydrogen-bond acceptors (Lipinski definition) is 4. The summed E-state index contributed by atoms with van der Waals surface area (Å²) in [5.74, 6) is -0.384. The van der Waals surface area contributed by atoms with Gasteiger partial charge in [-0.05, 0) is 55.0 Å². The van der Waals surface area contributed by atoms with Crippen LogP contribution in [0, 0.1) is 0 Å². The number of sulfonamides is 1. The first-order valence-corrected chi connectivity index (χ1v) is 16.2. The molecule has 0 bridgehead atoms. The molecule has 220 valence electrons.